The molecule has 0 radical (unpaired) electrons. The average molecular weight is 297 g/mol. The Morgan fingerprint density at radius 3 is 2.86 bits per heavy atom. The Balaban J connectivity index is 1.98. The van der Waals surface area contributed by atoms with Crippen molar-refractivity contribution in [2.24, 2.45) is 5.73 Å². The van der Waals surface area contributed by atoms with E-state index in [4.69, 9.17) is 22.7 Å². The fraction of sp³-hybridized carbons (Fsp3) is 0.125. The first kappa shape index (κ1) is 13.6. The van der Waals surface area contributed by atoms with Gasteiger partial charge in [-0.2, -0.15) is 5.10 Å². The maximum Gasteiger partial charge on any atom is 0.129 e. The zero-order chi connectivity index (χ0) is 14.8. The number of ether oxygens (including phenoxy) is 1. The van der Waals surface area contributed by atoms with E-state index in [0.29, 0.717) is 17.3 Å². The summed E-state index contributed by atoms with van der Waals surface area (Å²) in [6, 6.07) is 14.0. The molecule has 0 aliphatic rings. The van der Waals surface area contributed by atoms with Gasteiger partial charge in [-0.25, -0.2) is 0 Å². The Hall–Kier alpha value is -2.40. The van der Waals surface area contributed by atoms with Gasteiger partial charge >= 0.3 is 0 Å². The zero-order valence-electron chi connectivity index (χ0n) is 11.6. The number of para-hydroxylation sites is 1. The summed E-state index contributed by atoms with van der Waals surface area (Å²) in [4.78, 5) is 0.332. The highest BCUT2D eigenvalue weighted by Gasteiger charge is 2.09. The van der Waals surface area contributed by atoms with Crippen LogP contribution < -0.4 is 10.5 Å². The molecule has 0 saturated carbocycles. The van der Waals surface area contributed by atoms with E-state index in [1.54, 1.807) is 7.11 Å². The van der Waals surface area contributed by atoms with Gasteiger partial charge in [-0.1, -0.05) is 36.5 Å². The molecule has 2 N–H and O–H groups in total. The van der Waals surface area contributed by atoms with Crippen LogP contribution in [0.15, 0.2) is 48.7 Å². The lowest BCUT2D eigenvalue weighted by atomic mass is 10.1. The van der Waals surface area contributed by atoms with Gasteiger partial charge in [-0.3, -0.25) is 4.68 Å². The van der Waals surface area contributed by atoms with Crippen molar-refractivity contribution in [2.45, 2.75) is 6.54 Å². The minimum absolute atomic E-state index is 0.332. The van der Waals surface area contributed by atoms with E-state index in [1.165, 1.54) is 0 Å². The molecular weight excluding hydrogens is 282 g/mol. The number of hydrogen-bond donors (Lipinski definition) is 1. The molecule has 0 aliphatic carbocycles. The first-order valence-electron chi connectivity index (χ1n) is 6.56. The minimum atomic E-state index is 0.332. The van der Waals surface area contributed by atoms with Crippen LogP contribution in [0.25, 0.3) is 10.9 Å². The lowest BCUT2D eigenvalue weighted by Gasteiger charge is -2.10. The van der Waals surface area contributed by atoms with Gasteiger partial charge in [0.2, 0.25) is 0 Å². The normalized spacial score (nSPS) is 10.7. The van der Waals surface area contributed by atoms with Crippen LogP contribution in [0.2, 0.25) is 0 Å². The number of rotatable bonds is 4. The highest BCUT2D eigenvalue weighted by atomic mass is 32.1. The number of methoxy groups -OCH3 is 1. The van der Waals surface area contributed by atoms with Crippen LogP contribution in [0.3, 0.4) is 0 Å². The van der Waals surface area contributed by atoms with Gasteiger partial charge in [0.25, 0.3) is 0 Å². The van der Waals surface area contributed by atoms with E-state index in [-0.39, 0.29) is 0 Å². The van der Waals surface area contributed by atoms with E-state index < -0.39 is 0 Å². The van der Waals surface area contributed by atoms with Crippen LogP contribution >= 0.6 is 12.2 Å². The number of thiocarbonyl (C=S) groups is 1. The number of nitrogens with zero attached hydrogens (tertiary/aromatic N) is 2. The molecule has 2 aromatic carbocycles. The molecule has 106 valence electrons. The lowest BCUT2D eigenvalue weighted by molar-refractivity contribution is 0.414. The molecular formula is C16H15N3OS. The molecule has 0 unspecified atom stereocenters. The average Bonchev–Trinajstić information content (AvgIpc) is 2.90. The van der Waals surface area contributed by atoms with Crippen LogP contribution in [0.1, 0.15) is 11.1 Å². The van der Waals surface area contributed by atoms with Gasteiger partial charge in [0, 0.05) is 5.39 Å². The van der Waals surface area contributed by atoms with Crippen molar-refractivity contribution in [3.8, 4) is 5.75 Å². The van der Waals surface area contributed by atoms with Crippen LogP contribution in [0.4, 0.5) is 0 Å². The maximum atomic E-state index is 5.75. The first-order chi connectivity index (χ1) is 10.2. The van der Waals surface area contributed by atoms with E-state index in [2.05, 4.69) is 11.2 Å². The number of benzene rings is 2. The zero-order valence-corrected chi connectivity index (χ0v) is 12.4. The maximum absolute atomic E-state index is 5.75. The summed E-state index contributed by atoms with van der Waals surface area (Å²) < 4.78 is 7.24. The number of nitrogens with two attached hydrogens (primary N) is 1. The standard InChI is InChI=1S/C16H15N3OS/c1-20-15-7-6-11(8-13(15)16(17)21)10-19-14-5-3-2-4-12(14)9-18-19/h2-9H,10H2,1H3,(H2,17,21). The Labute approximate surface area is 128 Å². The van der Waals surface area contributed by atoms with Crippen molar-refractivity contribution >= 4 is 28.1 Å². The van der Waals surface area contributed by atoms with Gasteiger partial charge in [0.1, 0.15) is 10.7 Å². The third kappa shape index (κ3) is 2.60. The van der Waals surface area contributed by atoms with Crippen molar-refractivity contribution in [1.29, 1.82) is 0 Å². The van der Waals surface area contributed by atoms with E-state index >= 15 is 0 Å². The number of fused-ring (bicyclic) bond motifs is 1. The van der Waals surface area contributed by atoms with Gasteiger partial charge in [-0.15, -0.1) is 0 Å². The van der Waals surface area contributed by atoms with E-state index in [0.717, 1.165) is 22.0 Å². The number of aromatic nitrogens is 2. The molecule has 1 heterocycles. The second kappa shape index (κ2) is 5.54. The van der Waals surface area contributed by atoms with E-state index in [9.17, 15) is 0 Å². The molecule has 4 nitrogen and oxygen atoms in total. The summed E-state index contributed by atoms with van der Waals surface area (Å²) in [5.74, 6) is 0.691. The summed E-state index contributed by atoms with van der Waals surface area (Å²) >= 11 is 5.08. The van der Waals surface area contributed by atoms with Crippen molar-refractivity contribution < 1.29 is 4.74 Å². The molecule has 0 aliphatic heterocycles. The highest BCUT2D eigenvalue weighted by Crippen LogP contribution is 2.21. The summed E-state index contributed by atoms with van der Waals surface area (Å²) in [6.07, 6.45) is 1.87. The molecule has 0 amide bonds. The molecule has 0 atom stereocenters. The highest BCUT2D eigenvalue weighted by molar-refractivity contribution is 7.80. The summed E-state index contributed by atoms with van der Waals surface area (Å²) in [7, 11) is 1.61. The molecule has 0 bridgehead atoms. The topological polar surface area (TPSA) is 53.1 Å². The van der Waals surface area contributed by atoms with Crippen molar-refractivity contribution in [3.05, 3.63) is 59.8 Å². The van der Waals surface area contributed by atoms with Crippen LogP contribution in [-0.2, 0) is 6.54 Å². The van der Waals surface area contributed by atoms with Crippen LogP contribution in [0, 0.1) is 0 Å². The van der Waals surface area contributed by atoms with E-state index in [1.807, 2.05) is 47.3 Å². The van der Waals surface area contributed by atoms with Crippen LogP contribution in [0.5, 0.6) is 5.75 Å². The fourth-order valence-corrected chi connectivity index (χ4v) is 2.53. The Kier molecular flexibility index (Phi) is 3.58. The summed E-state index contributed by atoms with van der Waals surface area (Å²) in [6.45, 7) is 0.660. The molecule has 0 spiro atoms. The fourth-order valence-electron chi connectivity index (χ4n) is 2.37. The molecule has 3 rings (SSSR count). The molecule has 5 heteroatoms. The minimum Gasteiger partial charge on any atom is -0.496 e. The molecule has 0 saturated heterocycles. The van der Waals surface area contributed by atoms with Gasteiger partial charge < -0.3 is 10.5 Å². The first-order valence-corrected chi connectivity index (χ1v) is 6.97. The third-order valence-electron chi connectivity index (χ3n) is 3.41. The van der Waals surface area contributed by atoms with Crippen molar-refractivity contribution in [2.75, 3.05) is 7.11 Å². The smallest absolute Gasteiger partial charge is 0.129 e. The quantitative estimate of drug-likeness (QED) is 0.752. The summed E-state index contributed by atoms with van der Waals surface area (Å²) in [5, 5.41) is 5.55. The molecule has 1 aromatic heterocycles. The largest absolute Gasteiger partial charge is 0.496 e. The van der Waals surface area contributed by atoms with Crippen molar-refractivity contribution in [1.82, 2.24) is 9.78 Å². The Morgan fingerprint density at radius 2 is 2.10 bits per heavy atom. The SMILES string of the molecule is COc1ccc(Cn2ncc3ccccc32)cc1C(N)=S. The van der Waals surface area contributed by atoms with Gasteiger partial charge in [-0.05, 0) is 23.8 Å². The van der Waals surface area contributed by atoms with Crippen molar-refractivity contribution in [3.63, 3.8) is 0 Å². The molecule has 0 fully saturated rings. The second-order valence-corrected chi connectivity index (χ2v) is 5.20. The van der Waals surface area contributed by atoms with Crippen LogP contribution in [-0.4, -0.2) is 21.9 Å². The van der Waals surface area contributed by atoms with Gasteiger partial charge in [0.15, 0.2) is 0 Å². The number of hydrogen-bond acceptors (Lipinski definition) is 3. The monoisotopic (exact) mass is 297 g/mol. The lowest BCUT2D eigenvalue weighted by Crippen LogP contribution is -2.12. The molecule has 3 aromatic rings. The predicted octanol–water partition coefficient (Wildman–Crippen LogP) is 2.73. The molecule has 21 heavy (non-hydrogen) atoms. The third-order valence-corrected chi connectivity index (χ3v) is 3.63. The Bertz CT molecular complexity index is 810. The Morgan fingerprint density at radius 1 is 1.29 bits per heavy atom. The van der Waals surface area contributed by atoms with Gasteiger partial charge in [0.05, 0.1) is 30.9 Å². The predicted molar refractivity (Wildman–Crippen MR) is 87.7 cm³/mol. The second-order valence-electron chi connectivity index (χ2n) is 4.76. The summed E-state index contributed by atoms with van der Waals surface area (Å²) in [5.41, 5.74) is 8.68.